The summed E-state index contributed by atoms with van der Waals surface area (Å²) in [5.74, 6) is 0.533. The summed E-state index contributed by atoms with van der Waals surface area (Å²) in [6, 6.07) is 13.9. The number of methoxy groups -OCH3 is 1. The highest BCUT2D eigenvalue weighted by Gasteiger charge is 2.20. The van der Waals surface area contributed by atoms with Crippen LogP contribution in [0.5, 0.6) is 5.75 Å². The Hall–Kier alpha value is -1.75. The van der Waals surface area contributed by atoms with E-state index < -0.39 is 6.04 Å². The quantitative estimate of drug-likeness (QED) is 0.894. The average molecular weight is 355 g/mol. The minimum atomic E-state index is -0.684. The third kappa shape index (κ3) is 4.86. The summed E-state index contributed by atoms with van der Waals surface area (Å²) in [6.07, 6.45) is 0. The number of hydrogen-bond donors (Lipinski definition) is 1. The standard InChI is InChI=1S/C17H19ClN2O2.ClH/c1-20(11-13-10-14(18)8-9-15(13)22-2)17(21)16(19)12-6-4-3-5-7-12;/h3-10,16H,11,19H2,1-2H3;1H. The Balaban J connectivity index is 0.00000264. The third-order valence-corrected chi connectivity index (χ3v) is 3.69. The van der Waals surface area contributed by atoms with Crippen molar-refractivity contribution in [2.45, 2.75) is 12.6 Å². The van der Waals surface area contributed by atoms with Crippen LogP contribution in [0.2, 0.25) is 5.02 Å². The molecule has 6 heteroatoms. The van der Waals surface area contributed by atoms with Crippen molar-refractivity contribution in [2.75, 3.05) is 14.2 Å². The molecule has 0 heterocycles. The van der Waals surface area contributed by atoms with Crippen LogP contribution in [0, 0.1) is 0 Å². The maximum absolute atomic E-state index is 12.5. The number of benzene rings is 2. The lowest BCUT2D eigenvalue weighted by molar-refractivity contribution is -0.132. The average Bonchev–Trinajstić information content (AvgIpc) is 2.54. The van der Waals surface area contributed by atoms with Crippen molar-refractivity contribution in [3.63, 3.8) is 0 Å². The van der Waals surface area contributed by atoms with Gasteiger partial charge in [-0.05, 0) is 23.8 Å². The van der Waals surface area contributed by atoms with Gasteiger partial charge in [0.1, 0.15) is 11.8 Å². The zero-order valence-electron chi connectivity index (χ0n) is 13.0. The summed E-state index contributed by atoms with van der Waals surface area (Å²) >= 11 is 6.01. The Kier molecular flexibility index (Phi) is 7.36. The van der Waals surface area contributed by atoms with E-state index in [0.717, 1.165) is 11.1 Å². The number of halogens is 2. The SMILES string of the molecule is COc1ccc(Cl)cc1CN(C)C(=O)C(N)c1ccccc1.Cl. The first-order valence-electron chi connectivity index (χ1n) is 6.91. The molecule has 0 aliphatic heterocycles. The first-order chi connectivity index (χ1) is 10.5. The topological polar surface area (TPSA) is 55.6 Å². The van der Waals surface area contributed by atoms with E-state index in [1.165, 1.54) is 0 Å². The van der Waals surface area contributed by atoms with Crippen molar-refractivity contribution >= 4 is 29.9 Å². The number of ether oxygens (including phenoxy) is 1. The molecule has 0 aliphatic rings. The summed E-state index contributed by atoms with van der Waals surface area (Å²) < 4.78 is 5.30. The molecule has 0 bridgehead atoms. The number of carbonyl (C=O) groups excluding carboxylic acids is 1. The molecule has 4 nitrogen and oxygen atoms in total. The van der Waals surface area contributed by atoms with E-state index in [0.29, 0.717) is 17.3 Å². The second-order valence-corrected chi connectivity index (χ2v) is 5.48. The molecule has 0 saturated carbocycles. The molecule has 2 aromatic carbocycles. The van der Waals surface area contributed by atoms with Gasteiger partial charge in [0.15, 0.2) is 0 Å². The molecule has 1 unspecified atom stereocenters. The van der Waals surface area contributed by atoms with Crippen LogP contribution in [0.4, 0.5) is 0 Å². The highest BCUT2D eigenvalue weighted by Crippen LogP contribution is 2.24. The Labute approximate surface area is 147 Å². The summed E-state index contributed by atoms with van der Waals surface area (Å²) in [5, 5.41) is 0.601. The lowest BCUT2D eigenvalue weighted by atomic mass is 10.1. The fourth-order valence-electron chi connectivity index (χ4n) is 2.24. The largest absolute Gasteiger partial charge is 0.496 e. The molecule has 23 heavy (non-hydrogen) atoms. The van der Waals surface area contributed by atoms with Gasteiger partial charge in [-0.3, -0.25) is 4.79 Å². The van der Waals surface area contributed by atoms with E-state index in [-0.39, 0.29) is 18.3 Å². The molecule has 0 aliphatic carbocycles. The number of nitrogens with zero attached hydrogens (tertiary/aromatic N) is 1. The van der Waals surface area contributed by atoms with Crippen LogP contribution < -0.4 is 10.5 Å². The van der Waals surface area contributed by atoms with Gasteiger partial charge in [-0.15, -0.1) is 12.4 Å². The van der Waals surface area contributed by atoms with Crippen molar-refractivity contribution < 1.29 is 9.53 Å². The molecule has 2 aromatic rings. The number of amides is 1. The van der Waals surface area contributed by atoms with Crippen LogP contribution in [0.3, 0.4) is 0 Å². The summed E-state index contributed by atoms with van der Waals surface area (Å²) in [7, 11) is 3.30. The molecule has 2 N–H and O–H groups in total. The highest BCUT2D eigenvalue weighted by molar-refractivity contribution is 6.30. The van der Waals surface area contributed by atoms with Crippen LogP contribution in [0.15, 0.2) is 48.5 Å². The van der Waals surface area contributed by atoms with Crippen molar-refractivity contribution in [3.05, 3.63) is 64.7 Å². The van der Waals surface area contributed by atoms with Gasteiger partial charge in [-0.1, -0.05) is 41.9 Å². The minimum Gasteiger partial charge on any atom is -0.496 e. The van der Waals surface area contributed by atoms with Gasteiger partial charge in [0.05, 0.1) is 7.11 Å². The first-order valence-corrected chi connectivity index (χ1v) is 7.28. The zero-order valence-corrected chi connectivity index (χ0v) is 14.6. The van der Waals surface area contributed by atoms with Crippen molar-refractivity contribution in [1.82, 2.24) is 4.90 Å². The van der Waals surface area contributed by atoms with Crippen molar-refractivity contribution in [2.24, 2.45) is 5.73 Å². The number of hydrogen-bond acceptors (Lipinski definition) is 3. The fraction of sp³-hybridized carbons (Fsp3) is 0.235. The maximum atomic E-state index is 12.5. The van der Waals surface area contributed by atoms with Gasteiger partial charge >= 0.3 is 0 Å². The minimum absolute atomic E-state index is 0. The van der Waals surface area contributed by atoms with E-state index in [1.807, 2.05) is 30.3 Å². The number of likely N-dealkylation sites (N-methyl/N-ethyl adjacent to an activating group) is 1. The monoisotopic (exact) mass is 354 g/mol. The fourth-order valence-corrected chi connectivity index (χ4v) is 2.44. The molecule has 0 aromatic heterocycles. The van der Waals surface area contributed by atoms with Crippen molar-refractivity contribution in [1.29, 1.82) is 0 Å². The Morgan fingerprint density at radius 3 is 2.52 bits per heavy atom. The Morgan fingerprint density at radius 1 is 1.26 bits per heavy atom. The molecule has 0 radical (unpaired) electrons. The lowest BCUT2D eigenvalue weighted by Crippen LogP contribution is -2.35. The number of rotatable bonds is 5. The van der Waals surface area contributed by atoms with E-state index in [9.17, 15) is 4.79 Å². The summed E-state index contributed by atoms with van der Waals surface area (Å²) in [6.45, 7) is 0.378. The maximum Gasteiger partial charge on any atom is 0.244 e. The van der Waals surface area contributed by atoms with Gasteiger partial charge < -0.3 is 15.4 Å². The molecule has 1 amide bonds. The molecule has 0 spiro atoms. The van der Waals surface area contributed by atoms with Gasteiger partial charge in [-0.2, -0.15) is 0 Å². The van der Waals surface area contributed by atoms with Crippen LogP contribution in [-0.2, 0) is 11.3 Å². The van der Waals surface area contributed by atoms with E-state index in [4.69, 9.17) is 22.1 Å². The molecule has 2 rings (SSSR count). The predicted molar refractivity (Wildman–Crippen MR) is 95.1 cm³/mol. The second kappa shape index (κ2) is 8.77. The smallest absolute Gasteiger partial charge is 0.244 e. The van der Waals surface area contributed by atoms with Gasteiger partial charge in [-0.25, -0.2) is 0 Å². The van der Waals surface area contributed by atoms with Crippen molar-refractivity contribution in [3.8, 4) is 5.75 Å². The molecule has 1 atom stereocenters. The number of nitrogens with two attached hydrogens (primary N) is 1. The van der Waals surface area contributed by atoms with Gasteiger partial charge in [0, 0.05) is 24.2 Å². The van der Waals surface area contributed by atoms with E-state index >= 15 is 0 Å². The lowest BCUT2D eigenvalue weighted by Gasteiger charge is -2.22. The molecule has 0 saturated heterocycles. The van der Waals surface area contributed by atoms with Gasteiger partial charge in [0.2, 0.25) is 5.91 Å². The Bertz CT molecular complexity index is 650. The molecule has 0 fully saturated rings. The first kappa shape index (κ1) is 19.3. The van der Waals surface area contributed by atoms with E-state index in [2.05, 4.69) is 0 Å². The zero-order chi connectivity index (χ0) is 16.1. The van der Waals surface area contributed by atoms with Crippen LogP contribution >= 0.6 is 24.0 Å². The second-order valence-electron chi connectivity index (χ2n) is 5.04. The van der Waals surface area contributed by atoms with E-state index in [1.54, 1.807) is 37.3 Å². The summed E-state index contributed by atoms with van der Waals surface area (Å²) in [4.78, 5) is 14.0. The third-order valence-electron chi connectivity index (χ3n) is 3.45. The van der Waals surface area contributed by atoms with Crippen LogP contribution in [0.25, 0.3) is 0 Å². The highest BCUT2D eigenvalue weighted by atomic mass is 35.5. The molecule has 124 valence electrons. The van der Waals surface area contributed by atoms with Crippen LogP contribution in [0.1, 0.15) is 17.2 Å². The Morgan fingerprint density at radius 2 is 1.91 bits per heavy atom. The van der Waals surface area contributed by atoms with Crippen LogP contribution in [-0.4, -0.2) is 25.0 Å². The predicted octanol–water partition coefficient (Wildman–Crippen LogP) is 3.43. The molecular weight excluding hydrogens is 335 g/mol. The van der Waals surface area contributed by atoms with Gasteiger partial charge in [0.25, 0.3) is 0 Å². The normalized spacial score (nSPS) is 11.3. The summed E-state index contributed by atoms with van der Waals surface area (Å²) in [5.41, 5.74) is 7.67. The number of carbonyl (C=O) groups is 1. The molecular formula is C17H20Cl2N2O2.